The third kappa shape index (κ3) is 7.30. The van der Waals surface area contributed by atoms with Crippen LogP contribution >= 0.6 is 35.3 Å². The zero-order valence-corrected chi connectivity index (χ0v) is 16.8. The second-order valence-corrected chi connectivity index (χ2v) is 6.32. The fourth-order valence-corrected chi connectivity index (χ4v) is 2.79. The third-order valence-electron chi connectivity index (χ3n) is 3.49. The van der Waals surface area contributed by atoms with Crippen molar-refractivity contribution in [3.8, 4) is 0 Å². The number of thiazole rings is 1. The Bertz CT molecular complexity index is 598. The predicted octanol–water partition coefficient (Wildman–Crippen LogP) is 3.75. The summed E-state index contributed by atoms with van der Waals surface area (Å²) in [4.78, 5) is 8.97. The van der Waals surface area contributed by atoms with E-state index < -0.39 is 0 Å². The molecule has 6 heteroatoms. The third-order valence-corrected chi connectivity index (χ3v) is 4.45. The number of aromatic nitrogens is 1. The van der Waals surface area contributed by atoms with Gasteiger partial charge in [0.05, 0.1) is 17.2 Å². The van der Waals surface area contributed by atoms with Crippen LogP contribution in [-0.2, 0) is 19.4 Å². The van der Waals surface area contributed by atoms with Crippen LogP contribution in [0, 0.1) is 0 Å². The van der Waals surface area contributed by atoms with E-state index in [4.69, 9.17) is 5.73 Å². The molecular weight excluding hydrogens is 419 g/mol. The lowest BCUT2D eigenvalue weighted by molar-refractivity contribution is 0.636. The fraction of sp³-hybridized carbons (Fsp3) is 0.412. The van der Waals surface area contributed by atoms with Gasteiger partial charge in [-0.3, -0.25) is 0 Å². The lowest BCUT2D eigenvalue weighted by atomic mass is 10.1. The predicted molar refractivity (Wildman–Crippen MR) is 110 cm³/mol. The number of nitrogens with zero attached hydrogens (tertiary/aromatic N) is 2. The lowest BCUT2D eigenvalue weighted by Crippen LogP contribution is -2.38. The summed E-state index contributed by atoms with van der Waals surface area (Å²) < 4.78 is 0. The first-order chi connectivity index (χ1) is 10.7. The molecule has 1 heterocycles. The molecule has 2 rings (SSSR count). The summed E-state index contributed by atoms with van der Waals surface area (Å²) in [6.07, 6.45) is 3.02. The monoisotopic (exact) mass is 444 g/mol. The maximum absolute atomic E-state index is 5.85. The molecule has 0 fully saturated rings. The minimum absolute atomic E-state index is 0. The van der Waals surface area contributed by atoms with Crippen molar-refractivity contribution in [1.82, 2.24) is 10.3 Å². The van der Waals surface area contributed by atoms with Crippen LogP contribution < -0.4 is 11.1 Å². The Hall–Kier alpha value is -1.15. The van der Waals surface area contributed by atoms with E-state index in [1.165, 1.54) is 5.56 Å². The molecule has 126 valence electrons. The number of halogens is 1. The Balaban J connectivity index is 0.00000264. The Morgan fingerprint density at radius 2 is 2.04 bits per heavy atom. The summed E-state index contributed by atoms with van der Waals surface area (Å²) in [5, 5.41) is 6.38. The van der Waals surface area contributed by atoms with Crippen molar-refractivity contribution >= 4 is 41.3 Å². The SMILES string of the molecule is CCC(C)NC(N)=NCc1csc(CCc2ccccc2)n1.I. The van der Waals surface area contributed by atoms with Crippen molar-refractivity contribution in [2.75, 3.05) is 0 Å². The van der Waals surface area contributed by atoms with Gasteiger partial charge in [-0.05, 0) is 25.3 Å². The standard InChI is InChI=1S/C17H24N4S.HI/c1-3-13(2)20-17(18)19-11-15-12-22-16(21-15)10-9-14-7-5-4-6-8-14;/h4-8,12-13H,3,9-11H2,1-2H3,(H3,18,19,20);1H. The molecule has 0 saturated carbocycles. The summed E-state index contributed by atoms with van der Waals surface area (Å²) in [5.41, 5.74) is 8.19. The maximum atomic E-state index is 5.85. The Labute approximate surface area is 159 Å². The molecule has 1 atom stereocenters. The zero-order chi connectivity index (χ0) is 15.8. The van der Waals surface area contributed by atoms with E-state index in [1.54, 1.807) is 11.3 Å². The summed E-state index contributed by atoms with van der Waals surface area (Å²) in [5.74, 6) is 0.494. The van der Waals surface area contributed by atoms with Crippen molar-refractivity contribution in [1.29, 1.82) is 0 Å². The van der Waals surface area contributed by atoms with Crippen LogP contribution in [0.2, 0.25) is 0 Å². The van der Waals surface area contributed by atoms with Gasteiger partial charge in [0.2, 0.25) is 0 Å². The van der Waals surface area contributed by atoms with E-state index in [1.807, 2.05) is 6.07 Å². The van der Waals surface area contributed by atoms with E-state index in [9.17, 15) is 0 Å². The number of nitrogens with one attached hydrogen (secondary N) is 1. The van der Waals surface area contributed by atoms with Gasteiger partial charge < -0.3 is 11.1 Å². The average Bonchev–Trinajstić information content (AvgIpc) is 3.00. The summed E-state index contributed by atoms with van der Waals surface area (Å²) in [6.45, 7) is 4.74. The number of hydrogen-bond acceptors (Lipinski definition) is 3. The fourth-order valence-electron chi connectivity index (χ4n) is 2.00. The van der Waals surface area contributed by atoms with Gasteiger partial charge in [0.1, 0.15) is 0 Å². The van der Waals surface area contributed by atoms with Crippen molar-refractivity contribution in [2.45, 2.75) is 45.7 Å². The second-order valence-electron chi connectivity index (χ2n) is 5.37. The smallest absolute Gasteiger partial charge is 0.189 e. The number of benzene rings is 1. The number of nitrogens with two attached hydrogens (primary N) is 1. The molecule has 0 radical (unpaired) electrons. The normalized spacial score (nSPS) is 12.5. The van der Waals surface area contributed by atoms with Gasteiger partial charge in [-0.25, -0.2) is 9.98 Å². The molecule has 0 bridgehead atoms. The van der Waals surface area contributed by atoms with Gasteiger partial charge in [-0.1, -0.05) is 37.3 Å². The largest absolute Gasteiger partial charge is 0.370 e. The second kappa shape index (κ2) is 10.6. The summed E-state index contributed by atoms with van der Waals surface area (Å²) in [7, 11) is 0. The Morgan fingerprint density at radius 3 is 2.74 bits per heavy atom. The number of rotatable bonds is 7. The Kier molecular flexibility index (Phi) is 9.16. The van der Waals surface area contributed by atoms with Crippen molar-refractivity contribution in [3.05, 3.63) is 52.0 Å². The number of guanidine groups is 1. The quantitative estimate of drug-likeness (QED) is 0.389. The van der Waals surface area contributed by atoms with Crippen molar-refractivity contribution in [3.63, 3.8) is 0 Å². The molecule has 4 nitrogen and oxygen atoms in total. The van der Waals surface area contributed by atoms with Gasteiger partial charge in [-0.2, -0.15) is 0 Å². The van der Waals surface area contributed by atoms with Gasteiger partial charge >= 0.3 is 0 Å². The van der Waals surface area contributed by atoms with Gasteiger partial charge in [-0.15, -0.1) is 35.3 Å². The van der Waals surface area contributed by atoms with Crippen LogP contribution in [0.15, 0.2) is 40.7 Å². The molecule has 1 aromatic heterocycles. The van der Waals surface area contributed by atoms with Gasteiger partial charge in [0.25, 0.3) is 0 Å². The topological polar surface area (TPSA) is 63.3 Å². The molecule has 0 aliphatic carbocycles. The molecule has 1 unspecified atom stereocenters. The average molecular weight is 444 g/mol. The van der Waals surface area contributed by atoms with Crippen molar-refractivity contribution in [2.24, 2.45) is 10.7 Å². The van der Waals surface area contributed by atoms with Crippen LogP contribution in [0.3, 0.4) is 0 Å². The zero-order valence-electron chi connectivity index (χ0n) is 13.7. The highest BCUT2D eigenvalue weighted by molar-refractivity contribution is 14.0. The molecule has 0 amide bonds. The van der Waals surface area contributed by atoms with Crippen LogP contribution in [-0.4, -0.2) is 17.0 Å². The van der Waals surface area contributed by atoms with Gasteiger partial charge in [0.15, 0.2) is 5.96 Å². The molecule has 3 N–H and O–H groups in total. The van der Waals surface area contributed by atoms with E-state index in [2.05, 4.69) is 58.8 Å². The molecule has 2 aromatic rings. The van der Waals surface area contributed by atoms with E-state index in [0.29, 0.717) is 18.5 Å². The van der Waals surface area contributed by atoms with Crippen molar-refractivity contribution < 1.29 is 0 Å². The highest BCUT2D eigenvalue weighted by Gasteiger charge is 2.03. The van der Waals surface area contributed by atoms with E-state index in [-0.39, 0.29) is 24.0 Å². The molecule has 0 spiro atoms. The van der Waals surface area contributed by atoms with E-state index in [0.717, 1.165) is 30.0 Å². The molecule has 23 heavy (non-hydrogen) atoms. The van der Waals surface area contributed by atoms with Crippen LogP contribution in [0.5, 0.6) is 0 Å². The van der Waals surface area contributed by atoms with Crippen LogP contribution in [0.25, 0.3) is 0 Å². The number of hydrogen-bond donors (Lipinski definition) is 2. The minimum atomic E-state index is 0. The first-order valence-corrected chi connectivity index (χ1v) is 8.59. The Morgan fingerprint density at radius 1 is 1.30 bits per heavy atom. The summed E-state index contributed by atoms with van der Waals surface area (Å²) >= 11 is 1.70. The number of aryl methyl sites for hydroxylation is 2. The molecule has 0 aliphatic rings. The van der Waals surface area contributed by atoms with Gasteiger partial charge in [0, 0.05) is 17.8 Å². The lowest BCUT2D eigenvalue weighted by Gasteiger charge is -2.11. The minimum Gasteiger partial charge on any atom is -0.370 e. The highest BCUT2D eigenvalue weighted by Crippen LogP contribution is 2.13. The van der Waals surface area contributed by atoms with Crippen LogP contribution in [0.4, 0.5) is 0 Å². The first kappa shape index (κ1) is 19.9. The maximum Gasteiger partial charge on any atom is 0.189 e. The molecule has 0 aliphatic heterocycles. The van der Waals surface area contributed by atoms with Crippen LogP contribution in [0.1, 0.15) is 36.5 Å². The molecule has 1 aromatic carbocycles. The summed E-state index contributed by atoms with van der Waals surface area (Å²) in [6, 6.07) is 10.8. The first-order valence-electron chi connectivity index (χ1n) is 7.71. The number of aliphatic imine (C=N–C) groups is 1. The highest BCUT2D eigenvalue weighted by atomic mass is 127. The van der Waals surface area contributed by atoms with E-state index >= 15 is 0 Å². The molecular formula is C17H25IN4S. The molecule has 0 saturated heterocycles.